The van der Waals surface area contributed by atoms with E-state index in [4.69, 9.17) is 4.74 Å². The molecular formula is C18H19NO4S. The van der Waals surface area contributed by atoms with Gasteiger partial charge in [0.05, 0.1) is 11.5 Å². The molecule has 0 aliphatic carbocycles. The Balaban J connectivity index is 1.56. The minimum atomic E-state index is -3.22. The van der Waals surface area contributed by atoms with Crippen LogP contribution in [0.4, 0.5) is 5.69 Å². The molecule has 3 rings (SSSR count). The number of carbonyl (C=O) groups excluding carboxylic acids is 1. The Kier molecular flexibility index (Phi) is 4.57. The minimum Gasteiger partial charge on any atom is -0.493 e. The summed E-state index contributed by atoms with van der Waals surface area (Å²) in [5, 5.41) is 2.78. The predicted octanol–water partition coefficient (Wildman–Crippen LogP) is 2.60. The zero-order valence-corrected chi connectivity index (χ0v) is 14.2. The molecule has 6 heteroatoms. The first-order valence-corrected chi connectivity index (χ1v) is 9.65. The van der Waals surface area contributed by atoms with Gasteiger partial charge in [-0.3, -0.25) is 4.79 Å². The highest BCUT2D eigenvalue weighted by Crippen LogP contribution is 2.26. The second-order valence-corrected chi connectivity index (χ2v) is 7.90. The third-order valence-corrected chi connectivity index (χ3v) is 5.09. The fraction of sp³-hybridized carbons (Fsp3) is 0.278. The molecule has 1 amide bonds. The molecule has 0 radical (unpaired) electrons. The third kappa shape index (κ3) is 3.94. The Morgan fingerprint density at radius 2 is 1.92 bits per heavy atom. The average Bonchev–Trinajstić information content (AvgIpc) is 3.00. The summed E-state index contributed by atoms with van der Waals surface area (Å²) in [5.74, 6) is 0.841. The van der Waals surface area contributed by atoms with Gasteiger partial charge in [0.15, 0.2) is 9.84 Å². The van der Waals surface area contributed by atoms with E-state index in [9.17, 15) is 13.2 Å². The minimum absolute atomic E-state index is 0.0983. The summed E-state index contributed by atoms with van der Waals surface area (Å²) < 4.78 is 28.3. The van der Waals surface area contributed by atoms with Gasteiger partial charge in [-0.05, 0) is 47.9 Å². The van der Waals surface area contributed by atoms with Crippen molar-refractivity contribution in [1.29, 1.82) is 0 Å². The highest BCUT2D eigenvalue weighted by atomic mass is 32.2. The number of nitrogens with one attached hydrogen (secondary N) is 1. The van der Waals surface area contributed by atoms with E-state index in [0.717, 1.165) is 30.6 Å². The Bertz CT molecular complexity index is 857. The van der Waals surface area contributed by atoms with Crippen molar-refractivity contribution in [3.8, 4) is 5.75 Å². The number of ether oxygens (including phenoxy) is 1. The molecule has 0 saturated carbocycles. The van der Waals surface area contributed by atoms with Gasteiger partial charge in [0.2, 0.25) is 5.91 Å². The van der Waals surface area contributed by atoms with E-state index in [-0.39, 0.29) is 10.8 Å². The highest BCUT2D eigenvalue weighted by molar-refractivity contribution is 7.90. The Morgan fingerprint density at radius 1 is 1.17 bits per heavy atom. The largest absolute Gasteiger partial charge is 0.493 e. The summed E-state index contributed by atoms with van der Waals surface area (Å²) in [6.07, 6.45) is 3.10. The Labute approximate surface area is 141 Å². The molecule has 1 aliphatic rings. The van der Waals surface area contributed by atoms with Gasteiger partial charge in [-0.2, -0.15) is 0 Å². The van der Waals surface area contributed by atoms with Gasteiger partial charge in [0.1, 0.15) is 5.75 Å². The molecule has 2 aromatic rings. The van der Waals surface area contributed by atoms with Crippen LogP contribution in [0.1, 0.15) is 17.5 Å². The molecule has 0 spiro atoms. The van der Waals surface area contributed by atoms with Gasteiger partial charge in [0, 0.05) is 24.8 Å². The van der Waals surface area contributed by atoms with Crippen LogP contribution in [0.3, 0.4) is 0 Å². The van der Waals surface area contributed by atoms with Crippen LogP contribution in [0.5, 0.6) is 5.75 Å². The second-order valence-electron chi connectivity index (χ2n) is 5.89. The Morgan fingerprint density at radius 3 is 2.62 bits per heavy atom. The molecule has 0 atom stereocenters. The summed E-state index contributed by atoms with van der Waals surface area (Å²) in [6.45, 7) is 0.725. The van der Waals surface area contributed by atoms with E-state index in [1.165, 1.54) is 17.7 Å². The lowest BCUT2D eigenvalue weighted by Gasteiger charge is -2.07. The number of rotatable bonds is 5. The number of benzene rings is 2. The van der Waals surface area contributed by atoms with Crippen molar-refractivity contribution in [2.24, 2.45) is 0 Å². The molecule has 0 fully saturated rings. The van der Waals surface area contributed by atoms with E-state index in [2.05, 4.69) is 11.4 Å². The van der Waals surface area contributed by atoms with E-state index in [1.807, 2.05) is 12.1 Å². The van der Waals surface area contributed by atoms with Gasteiger partial charge in [-0.25, -0.2) is 8.42 Å². The molecule has 24 heavy (non-hydrogen) atoms. The number of sulfone groups is 1. The molecule has 5 nitrogen and oxygen atoms in total. The number of fused-ring (bicyclic) bond motifs is 1. The number of hydrogen-bond donors (Lipinski definition) is 1. The summed E-state index contributed by atoms with van der Waals surface area (Å²) in [6, 6.07) is 12.2. The highest BCUT2D eigenvalue weighted by Gasteiger charge is 2.13. The first-order valence-electron chi connectivity index (χ1n) is 7.76. The number of amides is 1. The lowest BCUT2D eigenvalue weighted by atomic mass is 10.0. The molecule has 1 N–H and O–H groups in total. The molecular weight excluding hydrogens is 326 g/mol. The predicted molar refractivity (Wildman–Crippen MR) is 92.1 cm³/mol. The second kappa shape index (κ2) is 6.65. The van der Waals surface area contributed by atoms with Crippen LogP contribution >= 0.6 is 0 Å². The fourth-order valence-corrected chi connectivity index (χ4v) is 3.29. The normalized spacial score (nSPS) is 13.2. The van der Waals surface area contributed by atoms with Crippen molar-refractivity contribution in [2.75, 3.05) is 18.2 Å². The molecule has 1 aliphatic heterocycles. The van der Waals surface area contributed by atoms with Crippen LogP contribution in [0.2, 0.25) is 0 Å². The smallest absolute Gasteiger partial charge is 0.224 e. The quantitative estimate of drug-likeness (QED) is 0.904. The van der Waals surface area contributed by atoms with Crippen LogP contribution in [0, 0.1) is 0 Å². The summed E-state index contributed by atoms with van der Waals surface area (Å²) in [5.41, 5.74) is 2.90. The van der Waals surface area contributed by atoms with Gasteiger partial charge >= 0.3 is 0 Å². The van der Waals surface area contributed by atoms with Crippen molar-refractivity contribution in [3.05, 3.63) is 53.6 Å². The van der Waals surface area contributed by atoms with Crippen LogP contribution in [-0.4, -0.2) is 27.2 Å². The van der Waals surface area contributed by atoms with Crippen LogP contribution in [0.15, 0.2) is 47.4 Å². The van der Waals surface area contributed by atoms with E-state index in [0.29, 0.717) is 18.5 Å². The number of hydrogen-bond acceptors (Lipinski definition) is 4. The summed E-state index contributed by atoms with van der Waals surface area (Å²) >= 11 is 0. The van der Waals surface area contributed by atoms with Crippen molar-refractivity contribution >= 4 is 21.4 Å². The van der Waals surface area contributed by atoms with Crippen molar-refractivity contribution in [2.45, 2.75) is 24.2 Å². The number of aryl methyl sites for hydroxylation is 1. The first kappa shape index (κ1) is 16.5. The van der Waals surface area contributed by atoms with Crippen LogP contribution < -0.4 is 10.1 Å². The topological polar surface area (TPSA) is 72.5 Å². The van der Waals surface area contributed by atoms with Gasteiger partial charge < -0.3 is 10.1 Å². The number of anilines is 1. The lowest BCUT2D eigenvalue weighted by Crippen LogP contribution is -2.12. The maximum absolute atomic E-state index is 12.0. The molecule has 0 unspecified atom stereocenters. The fourth-order valence-electron chi connectivity index (χ4n) is 2.66. The molecule has 0 aromatic heterocycles. The van der Waals surface area contributed by atoms with Gasteiger partial charge in [-0.1, -0.05) is 12.1 Å². The standard InChI is InChI=1S/C18H19NO4S/c1-24(21,22)16-6-4-15(5-7-16)19-18(20)9-3-13-2-8-17-14(12-13)10-11-23-17/h2,4-8,12H,3,9-11H2,1H3,(H,19,20). The molecule has 0 bridgehead atoms. The lowest BCUT2D eigenvalue weighted by molar-refractivity contribution is -0.116. The average molecular weight is 345 g/mol. The van der Waals surface area contributed by atoms with Crippen LogP contribution in [-0.2, 0) is 27.5 Å². The maximum Gasteiger partial charge on any atom is 0.224 e. The first-order chi connectivity index (χ1) is 11.4. The SMILES string of the molecule is CS(=O)(=O)c1ccc(NC(=O)CCc2ccc3c(c2)CCO3)cc1. The summed E-state index contributed by atoms with van der Waals surface area (Å²) in [4.78, 5) is 12.3. The van der Waals surface area contributed by atoms with Gasteiger partial charge in [-0.15, -0.1) is 0 Å². The molecule has 1 heterocycles. The maximum atomic E-state index is 12.0. The zero-order chi connectivity index (χ0) is 17.2. The van der Waals surface area contributed by atoms with Crippen molar-refractivity contribution in [3.63, 3.8) is 0 Å². The Hall–Kier alpha value is -2.34. The molecule has 2 aromatic carbocycles. The van der Waals surface area contributed by atoms with E-state index in [1.54, 1.807) is 12.1 Å². The zero-order valence-electron chi connectivity index (χ0n) is 13.4. The van der Waals surface area contributed by atoms with E-state index < -0.39 is 9.84 Å². The van der Waals surface area contributed by atoms with Crippen LogP contribution in [0.25, 0.3) is 0 Å². The molecule has 0 saturated heterocycles. The third-order valence-electron chi connectivity index (χ3n) is 3.96. The van der Waals surface area contributed by atoms with Gasteiger partial charge in [0.25, 0.3) is 0 Å². The van der Waals surface area contributed by atoms with E-state index >= 15 is 0 Å². The monoisotopic (exact) mass is 345 g/mol. The van der Waals surface area contributed by atoms with Crippen molar-refractivity contribution in [1.82, 2.24) is 0 Å². The van der Waals surface area contributed by atoms with Crippen molar-refractivity contribution < 1.29 is 17.9 Å². The number of carbonyl (C=O) groups is 1. The molecule has 126 valence electrons. The summed E-state index contributed by atoms with van der Waals surface area (Å²) in [7, 11) is -3.22.